The molecule has 0 aromatic rings. The monoisotopic (exact) mass is 372 g/mol. The Morgan fingerprint density at radius 1 is 0.947 bits per heavy atom. The van der Waals surface area contributed by atoms with Crippen LogP contribution in [0.4, 0.5) is 0 Å². The van der Waals surface area contributed by atoms with Crippen molar-refractivity contribution in [1.29, 1.82) is 0 Å². The predicted octanol–water partition coefficient (Wildman–Crippen LogP) is 5.00. The summed E-state index contributed by atoms with van der Waals surface area (Å²) in [6.07, 6.45) is 14.1. The van der Waals surface area contributed by atoms with E-state index in [0.29, 0.717) is 6.42 Å². The standard InChI is InChI=1S/C4H8O2.3C4H7.Sn/c1-2-3-4(5)6;3*1-3-4-2;/h2-3H2,1H3,(H,5,6);3*3-4H,1H2,2H3;/q;;;;+1/p-1. The van der Waals surface area contributed by atoms with E-state index in [9.17, 15) is 4.79 Å². The van der Waals surface area contributed by atoms with E-state index in [1.54, 1.807) is 0 Å². The first-order chi connectivity index (χ1) is 9.14. The van der Waals surface area contributed by atoms with E-state index in [0.717, 1.165) is 19.7 Å². The summed E-state index contributed by atoms with van der Waals surface area (Å²) in [5.41, 5.74) is 0. The molecule has 0 fully saturated rings. The van der Waals surface area contributed by atoms with E-state index < -0.39 is 18.8 Å². The summed E-state index contributed by atoms with van der Waals surface area (Å²) in [6, 6.07) is 0. The van der Waals surface area contributed by atoms with E-state index in [1.165, 1.54) is 0 Å². The van der Waals surface area contributed by atoms with Crippen LogP contribution in [0, 0.1) is 0 Å². The van der Waals surface area contributed by atoms with E-state index >= 15 is 0 Å². The topological polar surface area (TPSA) is 26.3 Å². The second kappa shape index (κ2) is 11.3. The minimum atomic E-state index is -2.91. The van der Waals surface area contributed by atoms with Crippen molar-refractivity contribution in [3.8, 4) is 0 Å². The van der Waals surface area contributed by atoms with Gasteiger partial charge in [-0.3, -0.25) is 0 Å². The van der Waals surface area contributed by atoms with E-state index in [2.05, 4.69) is 36.5 Å². The molecule has 0 unspecified atom stereocenters. The number of carbonyl (C=O) groups excluding carboxylic acids is 1. The zero-order valence-electron chi connectivity index (χ0n) is 12.8. The third-order valence-electron chi connectivity index (χ3n) is 2.96. The van der Waals surface area contributed by atoms with Crippen molar-refractivity contribution in [1.82, 2.24) is 0 Å². The molecule has 0 amide bonds. The Balaban J connectivity index is 5.01. The fourth-order valence-corrected chi connectivity index (χ4v) is 11.4. The maximum absolute atomic E-state index is 11.9. The molecule has 0 aliphatic heterocycles. The number of hydrogen-bond acceptors (Lipinski definition) is 2. The van der Waals surface area contributed by atoms with E-state index in [-0.39, 0.29) is 5.97 Å². The Kier molecular flexibility index (Phi) is 11.0. The summed E-state index contributed by atoms with van der Waals surface area (Å²) in [5, 5.41) is 0. The zero-order chi connectivity index (χ0) is 14.6. The van der Waals surface area contributed by atoms with Crippen LogP contribution in [-0.4, -0.2) is 24.8 Å². The van der Waals surface area contributed by atoms with Crippen LogP contribution in [0.25, 0.3) is 0 Å². The van der Waals surface area contributed by atoms with Gasteiger partial charge in [-0.1, -0.05) is 0 Å². The molecule has 0 radical (unpaired) electrons. The molecular weight excluding hydrogens is 343 g/mol. The molecule has 0 N–H and O–H groups in total. The molecule has 0 aromatic heterocycles. The Labute approximate surface area is 123 Å². The molecule has 0 heterocycles. The predicted molar refractivity (Wildman–Crippen MR) is 85.6 cm³/mol. The van der Waals surface area contributed by atoms with Crippen LogP contribution in [0.2, 0.25) is 13.3 Å². The summed E-state index contributed by atoms with van der Waals surface area (Å²) in [5.74, 6) is -0.00295. The normalized spacial score (nSPS) is 15.4. The molecule has 0 saturated heterocycles. The Morgan fingerprint density at radius 2 is 1.37 bits per heavy atom. The summed E-state index contributed by atoms with van der Waals surface area (Å²) in [4.78, 5) is 11.9. The maximum atomic E-state index is 11.9. The van der Waals surface area contributed by atoms with Crippen LogP contribution in [0.1, 0.15) is 40.5 Å². The van der Waals surface area contributed by atoms with Gasteiger partial charge in [-0.2, -0.15) is 0 Å². The van der Waals surface area contributed by atoms with Gasteiger partial charge in [-0.05, 0) is 0 Å². The first-order valence-corrected chi connectivity index (χ1v) is 14.4. The van der Waals surface area contributed by atoms with Crippen molar-refractivity contribution in [3.05, 3.63) is 36.5 Å². The molecule has 0 rings (SSSR count). The van der Waals surface area contributed by atoms with Gasteiger partial charge < -0.3 is 0 Å². The first-order valence-electron chi connectivity index (χ1n) is 7.19. The Hall–Kier alpha value is -0.511. The van der Waals surface area contributed by atoms with Gasteiger partial charge in [-0.25, -0.2) is 0 Å². The van der Waals surface area contributed by atoms with Gasteiger partial charge >= 0.3 is 123 Å². The molecule has 3 heteroatoms. The van der Waals surface area contributed by atoms with Crippen molar-refractivity contribution in [2.24, 2.45) is 0 Å². The van der Waals surface area contributed by atoms with Crippen LogP contribution >= 0.6 is 0 Å². The fraction of sp³-hybridized carbons (Fsp3) is 0.562. The number of hydrogen-bond donors (Lipinski definition) is 0. The molecule has 19 heavy (non-hydrogen) atoms. The molecule has 0 atom stereocenters. The molecule has 0 bridgehead atoms. The number of rotatable bonds is 9. The third-order valence-corrected chi connectivity index (χ3v) is 13.2. The van der Waals surface area contributed by atoms with Crippen LogP contribution in [0.5, 0.6) is 0 Å². The molecule has 108 valence electrons. The summed E-state index contributed by atoms with van der Waals surface area (Å²) >= 11 is -2.91. The molecular formula is C16H28O2Sn. The van der Waals surface area contributed by atoms with Crippen LogP contribution in [0.3, 0.4) is 0 Å². The average Bonchev–Trinajstić information content (AvgIpc) is 2.40. The molecule has 2 nitrogen and oxygen atoms in total. The van der Waals surface area contributed by atoms with Crippen LogP contribution in [-0.2, 0) is 7.87 Å². The van der Waals surface area contributed by atoms with Crippen LogP contribution < -0.4 is 0 Å². The second-order valence-corrected chi connectivity index (χ2v) is 15.6. The summed E-state index contributed by atoms with van der Waals surface area (Å²) < 4.78 is 8.90. The summed E-state index contributed by atoms with van der Waals surface area (Å²) in [7, 11) is 0. The zero-order valence-corrected chi connectivity index (χ0v) is 15.7. The van der Waals surface area contributed by atoms with Gasteiger partial charge in [0, 0.05) is 0 Å². The molecule has 0 aliphatic carbocycles. The quantitative estimate of drug-likeness (QED) is 0.421. The van der Waals surface area contributed by atoms with Crippen LogP contribution in [0.15, 0.2) is 36.5 Å². The van der Waals surface area contributed by atoms with Gasteiger partial charge in [0.1, 0.15) is 0 Å². The molecule has 0 aromatic carbocycles. The summed E-state index contributed by atoms with van der Waals surface area (Å²) in [6.45, 7) is 8.09. The first kappa shape index (κ1) is 18.5. The molecule has 0 spiro atoms. The second-order valence-electron chi connectivity index (χ2n) is 4.73. The van der Waals surface area contributed by atoms with Gasteiger partial charge in [0.15, 0.2) is 0 Å². The van der Waals surface area contributed by atoms with Gasteiger partial charge in [-0.15, -0.1) is 0 Å². The molecule has 0 saturated carbocycles. The Bertz CT molecular complexity index is 294. The number of allylic oxidation sites excluding steroid dienone is 6. The van der Waals surface area contributed by atoms with Gasteiger partial charge in [0.05, 0.1) is 0 Å². The van der Waals surface area contributed by atoms with Crippen molar-refractivity contribution in [3.63, 3.8) is 0 Å². The SMILES string of the molecule is CC=C[CH2][Sn]([CH2]C=CC)([CH2]C=CC)[O]C(=O)CCC. The molecule has 0 aliphatic rings. The fourth-order valence-electron chi connectivity index (χ4n) is 1.87. The number of carbonyl (C=O) groups is 1. The third kappa shape index (κ3) is 8.30. The van der Waals surface area contributed by atoms with Gasteiger partial charge in [0.2, 0.25) is 0 Å². The van der Waals surface area contributed by atoms with Crippen molar-refractivity contribution >= 4 is 24.8 Å². The minimum absolute atomic E-state index is 0.00295. The average molecular weight is 371 g/mol. The van der Waals surface area contributed by atoms with E-state index in [1.807, 2.05) is 27.7 Å². The van der Waals surface area contributed by atoms with Crippen molar-refractivity contribution in [2.75, 3.05) is 0 Å². The van der Waals surface area contributed by atoms with Crippen molar-refractivity contribution in [2.45, 2.75) is 53.8 Å². The Morgan fingerprint density at radius 3 is 1.68 bits per heavy atom. The van der Waals surface area contributed by atoms with E-state index in [4.69, 9.17) is 3.07 Å². The van der Waals surface area contributed by atoms with Crippen molar-refractivity contribution < 1.29 is 7.87 Å². The van der Waals surface area contributed by atoms with Gasteiger partial charge in [0.25, 0.3) is 0 Å².